The van der Waals surface area contributed by atoms with Crippen LogP contribution in [0.2, 0.25) is 0 Å². The number of hydrogen-bond donors (Lipinski definition) is 2. The fourth-order valence-corrected chi connectivity index (χ4v) is 1.58. The van der Waals surface area contributed by atoms with E-state index in [4.69, 9.17) is 11.6 Å². The maximum Gasteiger partial charge on any atom is 0.237 e. The first-order valence-corrected chi connectivity index (χ1v) is 5.85. The minimum absolute atomic E-state index is 0.240. The average molecular weight is 226 g/mol. The van der Waals surface area contributed by atoms with Crippen LogP contribution >= 0.6 is 23.4 Å². The fourth-order valence-electron chi connectivity index (χ4n) is 0.780. The van der Waals surface area contributed by atoms with E-state index in [9.17, 15) is 9.90 Å². The predicted octanol–water partition coefficient (Wildman–Crippen LogP) is 0.844. The molecule has 2 unspecified atom stereocenters. The van der Waals surface area contributed by atoms with Gasteiger partial charge in [-0.1, -0.05) is 0 Å². The Morgan fingerprint density at radius 3 is 2.69 bits per heavy atom. The van der Waals surface area contributed by atoms with Gasteiger partial charge in [0, 0.05) is 12.3 Å². The van der Waals surface area contributed by atoms with Crippen molar-refractivity contribution in [3.05, 3.63) is 0 Å². The number of rotatable bonds is 5. The molecule has 2 N–H and O–H groups in total. The maximum absolute atomic E-state index is 11.0. The van der Waals surface area contributed by atoms with Crippen molar-refractivity contribution in [2.75, 3.05) is 18.6 Å². The zero-order valence-corrected chi connectivity index (χ0v) is 9.71. The Labute approximate surface area is 88.2 Å². The van der Waals surface area contributed by atoms with Gasteiger partial charge in [0.2, 0.25) is 5.91 Å². The van der Waals surface area contributed by atoms with E-state index in [1.165, 1.54) is 11.8 Å². The van der Waals surface area contributed by atoms with Crippen molar-refractivity contribution < 1.29 is 9.90 Å². The van der Waals surface area contributed by atoms with Gasteiger partial charge in [-0.2, -0.15) is 11.8 Å². The van der Waals surface area contributed by atoms with Crippen LogP contribution in [0.3, 0.4) is 0 Å². The largest absolute Gasteiger partial charge is 0.387 e. The number of nitrogens with one attached hydrogen (secondary N) is 1. The van der Waals surface area contributed by atoms with E-state index in [0.717, 1.165) is 0 Å². The van der Waals surface area contributed by atoms with Crippen molar-refractivity contribution in [2.45, 2.75) is 24.8 Å². The van der Waals surface area contributed by atoms with E-state index in [-0.39, 0.29) is 12.5 Å². The van der Waals surface area contributed by atoms with Gasteiger partial charge in [0.15, 0.2) is 0 Å². The van der Waals surface area contributed by atoms with Gasteiger partial charge in [-0.15, -0.1) is 11.6 Å². The Balaban J connectivity index is 3.80. The minimum atomic E-state index is -0.860. The number of carbonyl (C=O) groups excluding carboxylic acids is 1. The molecule has 3 nitrogen and oxygen atoms in total. The molecule has 13 heavy (non-hydrogen) atoms. The van der Waals surface area contributed by atoms with E-state index < -0.39 is 11.0 Å². The number of amides is 1. The van der Waals surface area contributed by atoms with Crippen LogP contribution in [0.1, 0.15) is 13.8 Å². The third-order valence-electron chi connectivity index (χ3n) is 1.46. The van der Waals surface area contributed by atoms with Crippen molar-refractivity contribution in [2.24, 2.45) is 0 Å². The SMILES string of the molecule is CSCC(C)(O)CNC(=O)C(C)Cl. The highest BCUT2D eigenvalue weighted by molar-refractivity contribution is 7.98. The lowest BCUT2D eigenvalue weighted by atomic mass is 10.1. The van der Waals surface area contributed by atoms with Crippen LogP contribution in [-0.2, 0) is 4.79 Å². The molecule has 0 saturated heterocycles. The highest BCUT2D eigenvalue weighted by Gasteiger charge is 2.21. The Morgan fingerprint density at radius 1 is 1.77 bits per heavy atom. The number of hydrogen-bond acceptors (Lipinski definition) is 3. The Kier molecular flexibility index (Phi) is 5.76. The molecule has 2 atom stereocenters. The topological polar surface area (TPSA) is 49.3 Å². The van der Waals surface area contributed by atoms with E-state index in [1.54, 1.807) is 13.8 Å². The summed E-state index contributed by atoms with van der Waals surface area (Å²) in [5, 5.41) is 11.7. The summed E-state index contributed by atoms with van der Waals surface area (Å²) in [5.41, 5.74) is -0.860. The van der Waals surface area contributed by atoms with Gasteiger partial charge >= 0.3 is 0 Å². The molecule has 1 amide bonds. The van der Waals surface area contributed by atoms with Gasteiger partial charge in [-0.3, -0.25) is 4.79 Å². The number of thioether (sulfide) groups is 1. The quantitative estimate of drug-likeness (QED) is 0.682. The summed E-state index contributed by atoms with van der Waals surface area (Å²) < 4.78 is 0. The summed E-state index contributed by atoms with van der Waals surface area (Å²) in [6.45, 7) is 3.52. The summed E-state index contributed by atoms with van der Waals surface area (Å²) in [7, 11) is 0. The lowest BCUT2D eigenvalue weighted by molar-refractivity contribution is -0.121. The van der Waals surface area contributed by atoms with Crippen LogP contribution in [-0.4, -0.2) is 40.5 Å². The first-order valence-electron chi connectivity index (χ1n) is 4.02. The monoisotopic (exact) mass is 225 g/mol. The molecule has 0 bridgehead atoms. The van der Waals surface area contributed by atoms with Crippen molar-refractivity contribution >= 4 is 29.3 Å². The summed E-state index contributed by atoms with van der Waals surface area (Å²) in [4.78, 5) is 11.0. The second-order valence-electron chi connectivity index (χ2n) is 3.26. The molecule has 0 aliphatic rings. The Morgan fingerprint density at radius 2 is 2.31 bits per heavy atom. The van der Waals surface area contributed by atoms with E-state index >= 15 is 0 Å². The normalized spacial score (nSPS) is 17.6. The summed E-state index contributed by atoms with van der Waals surface area (Å²) in [5.74, 6) is 0.340. The molecule has 78 valence electrons. The van der Waals surface area contributed by atoms with Crippen LogP contribution in [0, 0.1) is 0 Å². The van der Waals surface area contributed by atoms with Crippen LogP contribution in [0.4, 0.5) is 0 Å². The third kappa shape index (κ3) is 6.18. The van der Waals surface area contributed by atoms with E-state index in [0.29, 0.717) is 5.75 Å². The molecule has 5 heteroatoms. The van der Waals surface area contributed by atoms with Gasteiger partial charge in [0.05, 0.1) is 5.60 Å². The number of alkyl halides is 1. The maximum atomic E-state index is 11.0. The Hall–Kier alpha value is 0.0700. The molecule has 0 heterocycles. The molecule has 0 saturated carbocycles. The zero-order valence-electron chi connectivity index (χ0n) is 8.13. The van der Waals surface area contributed by atoms with Crippen molar-refractivity contribution in [3.63, 3.8) is 0 Å². The molecule has 0 radical (unpaired) electrons. The number of halogens is 1. The third-order valence-corrected chi connectivity index (χ3v) is 2.57. The molecule has 0 rings (SSSR count). The fraction of sp³-hybridized carbons (Fsp3) is 0.875. The lowest BCUT2D eigenvalue weighted by Gasteiger charge is -2.22. The van der Waals surface area contributed by atoms with Crippen molar-refractivity contribution in [1.82, 2.24) is 5.32 Å². The first kappa shape index (κ1) is 13.1. The van der Waals surface area contributed by atoms with Crippen molar-refractivity contribution in [3.8, 4) is 0 Å². The second-order valence-corrected chi connectivity index (χ2v) is 4.78. The van der Waals surface area contributed by atoms with Crippen LogP contribution < -0.4 is 5.32 Å². The zero-order chi connectivity index (χ0) is 10.5. The molecule has 0 fully saturated rings. The highest BCUT2D eigenvalue weighted by Crippen LogP contribution is 2.09. The first-order chi connectivity index (χ1) is 5.89. The van der Waals surface area contributed by atoms with Crippen LogP contribution in [0.5, 0.6) is 0 Å². The van der Waals surface area contributed by atoms with Gasteiger partial charge in [-0.25, -0.2) is 0 Å². The molecule has 0 aromatic carbocycles. The standard InChI is InChI=1S/C8H16ClNO2S/c1-6(9)7(11)10-4-8(2,12)5-13-3/h6,12H,4-5H2,1-3H3,(H,10,11). The van der Waals surface area contributed by atoms with Gasteiger partial charge in [-0.05, 0) is 20.1 Å². The second kappa shape index (κ2) is 5.73. The molecule has 0 aliphatic carbocycles. The minimum Gasteiger partial charge on any atom is -0.387 e. The number of aliphatic hydroxyl groups is 1. The van der Waals surface area contributed by atoms with Gasteiger partial charge in [0.25, 0.3) is 0 Å². The van der Waals surface area contributed by atoms with Gasteiger partial charge in [0.1, 0.15) is 5.38 Å². The molecular weight excluding hydrogens is 210 g/mol. The highest BCUT2D eigenvalue weighted by atomic mass is 35.5. The average Bonchev–Trinajstić information content (AvgIpc) is 2.00. The summed E-state index contributed by atoms with van der Waals surface area (Å²) >= 11 is 7.07. The predicted molar refractivity (Wildman–Crippen MR) is 57.3 cm³/mol. The molecule has 0 aromatic rings. The Bertz CT molecular complexity index is 174. The summed E-state index contributed by atoms with van der Waals surface area (Å²) in [6, 6.07) is 0. The van der Waals surface area contributed by atoms with Crippen molar-refractivity contribution in [1.29, 1.82) is 0 Å². The van der Waals surface area contributed by atoms with Gasteiger partial charge < -0.3 is 10.4 Å². The van der Waals surface area contributed by atoms with Crippen LogP contribution in [0.15, 0.2) is 0 Å². The number of carbonyl (C=O) groups is 1. The van der Waals surface area contributed by atoms with Crippen LogP contribution in [0.25, 0.3) is 0 Å². The molecule has 0 aromatic heterocycles. The van der Waals surface area contributed by atoms with E-state index in [2.05, 4.69) is 5.32 Å². The summed E-state index contributed by atoms with van der Waals surface area (Å²) in [6.07, 6.45) is 1.90. The molecule has 0 aliphatic heterocycles. The lowest BCUT2D eigenvalue weighted by Crippen LogP contribution is -2.44. The van der Waals surface area contributed by atoms with E-state index in [1.807, 2.05) is 6.26 Å². The molecular formula is C8H16ClNO2S. The smallest absolute Gasteiger partial charge is 0.237 e. The molecule has 0 spiro atoms.